The molecule has 1 heterocycles. The van der Waals surface area contributed by atoms with Crippen LogP contribution in [0.3, 0.4) is 0 Å². The van der Waals surface area contributed by atoms with E-state index >= 15 is 0 Å². The Morgan fingerprint density at radius 1 is 1.00 bits per heavy atom. The van der Waals surface area contributed by atoms with Gasteiger partial charge in [0.05, 0.1) is 0 Å². The molecular formula is C12H14F4N2. The third-order valence-electron chi connectivity index (χ3n) is 3.04. The fraction of sp³-hybridized carbons (Fsp3) is 0.500. The number of nitrogens with one attached hydrogen (secondary N) is 2. The number of hydrogen-bond acceptors (Lipinski definition) is 2. The quantitative estimate of drug-likeness (QED) is 0.632. The van der Waals surface area contributed by atoms with Crippen molar-refractivity contribution in [1.82, 2.24) is 5.32 Å². The van der Waals surface area contributed by atoms with E-state index in [0.29, 0.717) is 19.4 Å². The predicted octanol–water partition coefficient (Wildman–Crippen LogP) is 2.80. The van der Waals surface area contributed by atoms with Crippen LogP contribution in [0.5, 0.6) is 0 Å². The van der Waals surface area contributed by atoms with Gasteiger partial charge >= 0.3 is 0 Å². The molecule has 0 spiro atoms. The van der Waals surface area contributed by atoms with Gasteiger partial charge in [-0.1, -0.05) is 0 Å². The molecule has 0 aromatic heterocycles. The fourth-order valence-electron chi connectivity index (χ4n) is 2.07. The van der Waals surface area contributed by atoms with Gasteiger partial charge in [-0.15, -0.1) is 0 Å². The van der Waals surface area contributed by atoms with Gasteiger partial charge in [0, 0.05) is 12.1 Å². The molecule has 2 rings (SSSR count). The van der Waals surface area contributed by atoms with E-state index < -0.39 is 29.0 Å². The van der Waals surface area contributed by atoms with Crippen molar-refractivity contribution in [3.63, 3.8) is 0 Å². The molecule has 100 valence electrons. The van der Waals surface area contributed by atoms with Crippen molar-refractivity contribution >= 4 is 5.69 Å². The van der Waals surface area contributed by atoms with Gasteiger partial charge in [-0.2, -0.15) is 0 Å². The number of halogens is 4. The minimum Gasteiger partial charge on any atom is -0.377 e. The van der Waals surface area contributed by atoms with Gasteiger partial charge in [-0.25, -0.2) is 17.6 Å². The minimum atomic E-state index is -1.39. The Morgan fingerprint density at radius 3 is 2.33 bits per heavy atom. The van der Waals surface area contributed by atoms with Crippen LogP contribution in [-0.2, 0) is 0 Å². The maximum atomic E-state index is 13.4. The lowest BCUT2D eigenvalue weighted by Gasteiger charge is -2.18. The molecule has 1 atom stereocenters. The van der Waals surface area contributed by atoms with Crippen molar-refractivity contribution in [2.45, 2.75) is 25.3 Å². The summed E-state index contributed by atoms with van der Waals surface area (Å²) in [5, 5.41) is 5.71. The van der Waals surface area contributed by atoms with Crippen molar-refractivity contribution in [1.29, 1.82) is 0 Å². The second-order valence-electron chi connectivity index (χ2n) is 4.37. The number of hydrogen-bond donors (Lipinski definition) is 2. The standard InChI is InChI=1S/C12H14F4N2/c13-8-6-9(14)11(16)12(10(8)15)18-7-2-1-4-17-5-3-7/h6-7,17-18H,1-5H2. The zero-order chi connectivity index (χ0) is 13.1. The Labute approximate surface area is 102 Å². The first-order valence-electron chi connectivity index (χ1n) is 5.90. The van der Waals surface area contributed by atoms with Crippen LogP contribution >= 0.6 is 0 Å². The number of benzene rings is 1. The lowest BCUT2D eigenvalue weighted by molar-refractivity contribution is 0.455. The zero-order valence-corrected chi connectivity index (χ0v) is 9.70. The molecule has 1 aliphatic heterocycles. The molecule has 0 saturated carbocycles. The molecule has 1 unspecified atom stereocenters. The summed E-state index contributed by atoms with van der Waals surface area (Å²) < 4.78 is 52.9. The van der Waals surface area contributed by atoms with E-state index in [9.17, 15) is 17.6 Å². The van der Waals surface area contributed by atoms with E-state index in [1.807, 2.05) is 0 Å². The summed E-state index contributed by atoms with van der Waals surface area (Å²) >= 11 is 0. The summed E-state index contributed by atoms with van der Waals surface area (Å²) in [6.45, 7) is 1.54. The van der Waals surface area contributed by atoms with Crippen LogP contribution < -0.4 is 10.6 Å². The summed E-state index contributed by atoms with van der Waals surface area (Å²) in [6, 6.07) is 0.0232. The third kappa shape index (κ3) is 2.75. The van der Waals surface area contributed by atoms with Crippen LogP contribution in [0.2, 0.25) is 0 Å². The van der Waals surface area contributed by atoms with Crippen LogP contribution in [-0.4, -0.2) is 19.1 Å². The molecular weight excluding hydrogens is 248 g/mol. The molecule has 0 bridgehead atoms. The monoisotopic (exact) mass is 262 g/mol. The molecule has 2 nitrogen and oxygen atoms in total. The summed E-state index contributed by atoms with van der Waals surface area (Å²) in [4.78, 5) is 0. The highest BCUT2D eigenvalue weighted by Gasteiger charge is 2.22. The Bertz CT molecular complexity index is 402. The topological polar surface area (TPSA) is 24.1 Å². The summed E-state index contributed by atoms with van der Waals surface area (Å²) in [5.41, 5.74) is -0.709. The van der Waals surface area contributed by atoms with E-state index in [4.69, 9.17) is 0 Å². The molecule has 0 aliphatic carbocycles. The van der Waals surface area contributed by atoms with Gasteiger partial charge in [-0.3, -0.25) is 0 Å². The van der Waals surface area contributed by atoms with Crippen LogP contribution in [0.25, 0.3) is 0 Å². The van der Waals surface area contributed by atoms with Crippen LogP contribution in [0.15, 0.2) is 6.07 Å². The second kappa shape index (κ2) is 5.56. The largest absolute Gasteiger partial charge is 0.377 e. The van der Waals surface area contributed by atoms with E-state index in [2.05, 4.69) is 10.6 Å². The summed E-state index contributed by atoms with van der Waals surface area (Å²) in [6.07, 6.45) is 2.19. The first-order chi connectivity index (χ1) is 8.59. The van der Waals surface area contributed by atoms with Crippen molar-refractivity contribution in [3.05, 3.63) is 29.3 Å². The highest BCUT2D eigenvalue weighted by atomic mass is 19.2. The van der Waals surface area contributed by atoms with Crippen LogP contribution in [0, 0.1) is 23.3 Å². The molecule has 2 N–H and O–H groups in total. The molecule has 1 fully saturated rings. The maximum Gasteiger partial charge on any atom is 0.185 e. The molecule has 1 aromatic carbocycles. The molecule has 1 aliphatic rings. The first-order valence-corrected chi connectivity index (χ1v) is 5.90. The van der Waals surface area contributed by atoms with Crippen molar-refractivity contribution in [2.24, 2.45) is 0 Å². The Hall–Kier alpha value is -1.30. The highest BCUT2D eigenvalue weighted by molar-refractivity contribution is 5.48. The third-order valence-corrected chi connectivity index (χ3v) is 3.04. The maximum absolute atomic E-state index is 13.4. The molecule has 1 saturated heterocycles. The smallest absolute Gasteiger partial charge is 0.185 e. The van der Waals surface area contributed by atoms with E-state index in [-0.39, 0.29) is 12.1 Å². The van der Waals surface area contributed by atoms with E-state index in [1.54, 1.807) is 0 Å². The Morgan fingerprint density at radius 2 is 1.67 bits per heavy atom. The van der Waals surface area contributed by atoms with Gasteiger partial charge in [0.1, 0.15) is 5.69 Å². The summed E-state index contributed by atoms with van der Waals surface area (Å²) in [7, 11) is 0. The minimum absolute atomic E-state index is 0.190. The molecule has 0 amide bonds. The van der Waals surface area contributed by atoms with Gasteiger partial charge in [0.25, 0.3) is 0 Å². The molecule has 0 radical (unpaired) electrons. The van der Waals surface area contributed by atoms with Gasteiger partial charge < -0.3 is 10.6 Å². The molecule has 18 heavy (non-hydrogen) atoms. The zero-order valence-electron chi connectivity index (χ0n) is 9.70. The van der Waals surface area contributed by atoms with Crippen molar-refractivity contribution < 1.29 is 17.6 Å². The summed E-state index contributed by atoms with van der Waals surface area (Å²) in [5.74, 6) is -5.51. The SMILES string of the molecule is Fc1cc(F)c(F)c(NC2CCCNCC2)c1F. The average molecular weight is 262 g/mol. The van der Waals surface area contributed by atoms with E-state index in [1.165, 1.54) is 0 Å². The molecule has 6 heteroatoms. The lowest BCUT2D eigenvalue weighted by atomic mass is 10.1. The van der Waals surface area contributed by atoms with Crippen molar-refractivity contribution in [3.8, 4) is 0 Å². The lowest BCUT2D eigenvalue weighted by Crippen LogP contribution is -2.23. The van der Waals surface area contributed by atoms with Gasteiger partial charge in [0.2, 0.25) is 0 Å². The first kappa shape index (κ1) is 13.1. The predicted molar refractivity (Wildman–Crippen MR) is 60.4 cm³/mol. The van der Waals surface area contributed by atoms with E-state index in [0.717, 1.165) is 13.0 Å². The highest BCUT2D eigenvalue weighted by Crippen LogP contribution is 2.26. The number of rotatable bonds is 2. The van der Waals surface area contributed by atoms with Gasteiger partial charge in [-0.05, 0) is 32.4 Å². The Kier molecular flexibility index (Phi) is 4.06. The average Bonchev–Trinajstić information content (AvgIpc) is 2.61. The Balaban J connectivity index is 2.22. The van der Waals surface area contributed by atoms with Gasteiger partial charge in [0.15, 0.2) is 23.3 Å². The number of anilines is 1. The normalized spacial score (nSPS) is 20.6. The van der Waals surface area contributed by atoms with Crippen LogP contribution in [0.4, 0.5) is 23.2 Å². The van der Waals surface area contributed by atoms with Crippen molar-refractivity contribution in [2.75, 3.05) is 18.4 Å². The van der Waals surface area contributed by atoms with Crippen LogP contribution in [0.1, 0.15) is 19.3 Å². The molecule has 1 aromatic rings. The second-order valence-corrected chi connectivity index (χ2v) is 4.37. The fourth-order valence-corrected chi connectivity index (χ4v) is 2.07.